The number of benzene rings is 1. The van der Waals surface area contributed by atoms with Gasteiger partial charge in [-0.1, -0.05) is 94.9 Å². The van der Waals surface area contributed by atoms with E-state index in [0.29, 0.717) is 38.5 Å². The van der Waals surface area contributed by atoms with Crippen LogP contribution in [0.25, 0.3) is 0 Å². The van der Waals surface area contributed by atoms with Gasteiger partial charge >= 0.3 is 37.7 Å². The Morgan fingerprint density at radius 2 is 0.989 bits per heavy atom. The highest BCUT2D eigenvalue weighted by Crippen LogP contribution is 2.51. The first kappa shape index (κ1) is 86.3. The highest BCUT2D eigenvalue weighted by Gasteiger charge is 2.39. The lowest BCUT2D eigenvalue weighted by atomic mass is 10.1. The van der Waals surface area contributed by atoms with Gasteiger partial charge in [0.05, 0.1) is 69.4 Å². The van der Waals surface area contributed by atoms with Gasteiger partial charge in [-0.2, -0.15) is 0 Å². The lowest BCUT2D eigenvalue weighted by Gasteiger charge is -2.37. The Morgan fingerprint density at radius 1 is 0.521 bits per heavy atom. The van der Waals surface area contributed by atoms with Crippen LogP contribution >= 0.6 is 7.82 Å². The number of non-ortho nitro benzene ring substituents is 1. The van der Waals surface area contributed by atoms with Gasteiger partial charge in [0.1, 0.15) is 55.5 Å². The highest BCUT2D eigenvalue weighted by atomic mass is 31.2. The number of nitrogens with zero attached hydrogens (tertiary/aromatic N) is 1. The predicted molar refractivity (Wildman–Crippen MR) is 343 cm³/mol. The van der Waals surface area contributed by atoms with Gasteiger partial charge in [0.2, 0.25) is 17.7 Å². The number of phosphoric acid groups is 1. The molecule has 0 aliphatic rings. The van der Waals surface area contributed by atoms with Gasteiger partial charge in [0.15, 0.2) is 12.6 Å². The van der Waals surface area contributed by atoms with Crippen molar-refractivity contribution >= 4 is 61.1 Å². The molecule has 0 heterocycles. The normalized spacial score (nSPS) is 14.7. The molecule has 0 bridgehead atoms. The van der Waals surface area contributed by atoms with Crippen LogP contribution in [-0.2, 0) is 104 Å². The molecule has 1 aromatic carbocycles. The molecule has 10 atom stereocenters. The molecule has 29 nitrogen and oxygen atoms in total. The number of nitro benzene ring substituents is 1. The molecular weight excluding hydrogens is 1260 g/mol. The number of hydrogen-bond acceptors (Lipinski definition) is 25. The third-order valence-electron chi connectivity index (χ3n) is 13.9. The zero-order chi connectivity index (χ0) is 70.3. The van der Waals surface area contributed by atoms with Crippen LogP contribution in [0.1, 0.15) is 199 Å². The Bertz CT molecular complexity index is 2370. The summed E-state index contributed by atoms with van der Waals surface area (Å²) in [6, 6.07) is 2.08. The summed E-state index contributed by atoms with van der Waals surface area (Å²) in [6.45, 7) is 19.0. The van der Waals surface area contributed by atoms with E-state index in [1.54, 1.807) is 55.4 Å². The van der Waals surface area contributed by atoms with Crippen LogP contribution in [0.3, 0.4) is 0 Å². The zero-order valence-corrected chi connectivity index (χ0v) is 58.4. The summed E-state index contributed by atoms with van der Waals surface area (Å²) in [5.74, 6) is -5.08. The molecule has 94 heavy (non-hydrogen) atoms. The quantitative estimate of drug-likeness (QED) is 0.00799. The van der Waals surface area contributed by atoms with Crippen LogP contribution in [0.2, 0.25) is 0 Å². The first-order chi connectivity index (χ1) is 45.0. The van der Waals surface area contributed by atoms with Crippen molar-refractivity contribution in [3.63, 3.8) is 0 Å². The Kier molecular flexibility index (Phi) is 47.3. The van der Waals surface area contributed by atoms with Gasteiger partial charge in [0.25, 0.3) is 5.69 Å². The molecule has 0 radical (unpaired) electrons. The first-order valence-electron chi connectivity index (χ1n) is 33.3. The summed E-state index contributed by atoms with van der Waals surface area (Å²) in [5.41, 5.74) is -0.213. The number of carbonyl (C=O) groups excluding carboxylic acids is 8. The van der Waals surface area contributed by atoms with Crippen molar-refractivity contribution in [1.29, 1.82) is 0 Å². The van der Waals surface area contributed by atoms with Crippen LogP contribution in [0, 0.1) is 10.1 Å². The largest absolute Gasteiger partial charge is 0.475 e. The van der Waals surface area contributed by atoms with Crippen molar-refractivity contribution in [2.24, 2.45) is 0 Å². The van der Waals surface area contributed by atoms with E-state index in [2.05, 4.69) is 16.0 Å². The van der Waals surface area contributed by atoms with Crippen molar-refractivity contribution in [2.75, 3.05) is 66.0 Å². The van der Waals surface area contributed by atoms with Crippen LogP contribution < -0.4 is 20.7 Å². The van der Waals surface area contributed by atoms with Crippen LogP contribution in [0.15, 0.2) is 24.3 Å². The smallest absolute Gasteiger partial charge is 0.463 e. The number of nitrogens with one attached hydrogen (secondary N) is 3. The highest BCUT2D eigenvalue weighted by molar-refractivity contribution is 7.48. The van der Waals surface area contributed by atoms with Gasteiger partial charge in [-0.05, 0) is 64.5 Å². The summed E-state index contributed by atoms with van der Waals surface area (Å²) < 4.78 is 99.2. The fourth-order valence-corrected chi connectivity index (χ4v) is 9.48. The molecule has 3 N–H and O–H groups in total. The zero-order valence-electron chi connectivity index (χ0n) is 57.5. The number of ether oxygens (including phenoxy) is 11. The van der Waals surface area contributed by atoms with E-state index >= 15 is 0 Å². The van der Waals surface area contributed by atoms with E-state index < -0.39 is 141 Å². The maximum Gasteiger partial charge on any atom is 0.475 e. The van der Waals surface area contributed by atoms with E-state index in [9.17, 15) is 53.0 Å². The lowest BCUT2D eigenvalue weighted by Crippen LogP contribution is -2.54. The molecule has 3 amide bonds. The number of carbonyl (C=O) groups is 8. The van der Waals surface area contributed by atoms with E-state index in [0.717, 1.165) is 25.0 Å². The summed E-state index contributed by atoms with van der Waals surface area (Å²) >= 11 is 0. The van der Waals surface area contributed by atoms with E-state index in [1.165, 1.54) is 12.1 Å². The minimum Gasteiger partial charge on any atom is -0.463 e. The van der Waals surface area contributed by atoms with E-state index in [1.807, 2.05) is 27.7 Å². The summed E-state index contributed by atoms with van der Waals surface area (Å²) in [7, 11) is -4.30. The monoisotopic (exact) mass is 1360 g/mol. The number of hydrogen-bond donors (Lipinski definition) is 3. The predicted octanol–water partition coefficient (Wildman–Crippen LogP) is 9.14. The number of amides is 3. The van der Waals surface area contributed by atoms with Gasteiger partial charge in [-0.3, -0.25) is 62.0 Å². The van der Waals surface area contributed by atoms with E-state index in [4.69, 9.17) is 65.7 Å². The van der Waals surface area contributed by atoms with E-state index in [-0.39, 0.29) is 122 Å². The molecule has 1 aromatic rings. The molecule has 2 unspecified atom stereocenters. The van der Waals surface area contributed by atoms with Crippen molar-refractivity contribution in [2.45, 2.75) is 260 Å². The summed E-state index contributed by atoms with van der Waals surface area (Å²) in [5, 5.41) is 19.4. The Labute approximate surface area is 554 Å². The fraction of sp³-hybridized carbons (Fsp3) is 0.781. The minimum atomic E-state index is -4.30. The van der Waals surface area contributed by atoms with Crippen LogP contribution in [-0.4, -0.2) is 180 Å². The third kappa shape index (κ3) is 38.7. The van der Waals surface area contributed by atoms with Gasteiger partial charge in [0, 0.05) is 64.0 Å². The molecule has 0 aromatic heterocycles. The second kappa shape index (κ2) is 51.5. The Morgan fingerprint density at radius 3 is 1.46 bits per heavy atom. The fourth-order valence-electron chi connectivity index (χ4n) is 8.04. The Balaban J connectivity index is 4.19. The maximum absolute atomic E-state index is 14.5. The van der Waals surface area contributed by atoms with Crippen molar-refractivity contribution in [1.82, 2.24) is 16.0 Å². The van der Waals surface area contributed by atoms with Crippen LogP contribution in [0.4, 0.5) is 5.69 Å². The average molecular weight is 1370 g/mol. The molecule has 0 saturated heterocycles. The summed E-state index contributed by atoms with van der Waals surface area (Å²) in [6.07, 6.45) is -5.20. The molecule has 1 rings (SSSR count). The lowest BCUT2D eigenvalue weighted by molar-refractivity contribution is -0.384. The van der Waals surface area contributed by atoms with Gasteiger partial charge in [-0.25, -0.2) is 4.57 Å². The molecule has 0 spiro atoms. The number of unbranched alkanes of at least 4 members (excludes halogenated alkanes) is 4. The summed E-state index contributed by atoms with van der Waals surface area (Å²) in [4.78, 5) is 115. The third-order valence-corrected chi connectivity index (χ3v) is 15.5. The molecule has 540 valence electrons. The van der Waals surface area contributed by atoms with Crippen molar-refractivity contribution in [3.8, 4) is 5.75 Å². The number of nitro groups is 1. The van der Waals surface area contributed by atoms with Gasteiger partial charge < -0.3 is 68.1 Å². The average Bonchev–Trinajstić information content (AvgIpc) is 0.892. The minimum absolute atomic E-state index is 0.0317. The molecule has 0 aliphatic carbocycles. The van der Waals surface area contributed by atoms with Gasteiger partial charge in [-0.15, -0.1) is 0 Å². The van der Waals surface area contributed by atoms with Crippen molar-refractivity contribution < 1.29 is 114 Å². The second-order valence-corrected chi connectivity index (χ2v) is 23.6. The molecule has 30 heteroatoms. The Hall–Kier alpha value is -5.75. The SMILES string of the molecule is CCCCOCC(O[C@@H](OCC(O[C@@H](OCCNC(=O)CCC(=O)Oc1ccc([N+](=O)[O-])cc1)[C@H](COC(=O)CC)NC(=O)C[C@@H](CC)OC(=O)CC)[C@H](C)OCCCC)[C@H](COC(=O)CC)NC(=O)C[C@@H](CC)OC(=O)CC)[C@H](C)OP(=O)(OCCCC)OCCCC. The molecular formula is C64H109N4O25P. The van der Waals surface area contributed by atoms with Crippen molar-refractivity contribution in [3.05, 3.63) is 34.4 Å². The number of esters is 5. The second-order valence-electron chi connectivity index (χ2n) is 21.9. The maximum atomic E-state index is 14.5. The number of rotatable bonds is 57. The molecule has 0 fully saturated rings. The van der Waals surface area contributed by atoms with Crippen LogP contribution in [0.5, 0.6) is 5.75 Å². The topological polar surface area (TPSA) is 362 Å². The number of phosphoric ester groups is 1. The molecule has 0 saturated carbocycles. The first-order valence-corrected chi connectivity index (χ1v) is 34.7. The molecule has 0 aliphatic heterocycles. The standard InChI is InChI=1S/C64H109N4O25P/c1-13-23-34-80-43-53(46(12)93-94(79,86-36-25-15-3)87-37-26-16-4)91-64(52(42-84-59(73)20-8)67-57(71)40-49(18-6)89-61(75)22-10)85-44-54(45(11)81-35-24-14-2)92-63(51(41-83-58(72)19-7)66-56(70)39-48(17-5)88-60(74)21-9)82-38-33-65-55(69)31-32-62(76)90-50-29-27-47(28-30-50)68(77)78/h27-30,45-46,48-49,51-54,63-64H,13-26,31-44H2,1-12H3,(H,65,69)(H,66,70)(H,67,71)/t45-,46-,48+,49+,51-,52-,53?,54?,63+,64+/m0/s1.